The van der Waals surface area contributed by atoms with E-state index in [2.05, 4.69) is 38.1 Å². The minimum atomic E-state index is -0.647. The van der Waals surface area contributed by atoms with Gasteiger partial charge in [0.25, 0.3) is 0 Å². The molecule has 1 atom stereocenters. The molecule has 4 rings (SSSR count). The fourth-order valence-electron chi connectivity index (χ4n) is 3.78. The average Bonchev–Trinajstić information content (AvgIpc) is 3.37. The molecule has 0 amide bonds. The Hall–Kier alpha value is -1.80. The summed E-state index contributed by atoms with van der Waals surface area (Å²) in [5, 5.41) is 11.1. The summed E-state index contributed by atoms with van der Waals surface area (Å²) in [6.45, 7) is 4.93. The van der Waals surface area contributed by atoms with Gasteiger partial charge in [0.1, 0.15) is 18.0 Å². The number of ether oxygens (including phenoxy) is 1. The zero-order valence-corrected chi connectivity index (χ0v) is 13.9. The molecule has 0 aromatic heterocycles. The van der Waals surface area contributed by atoms with Gasteiger partial charge in [-0.25, -0.2) is 0 Å². The van der Waals surface area contributed by atoms with Gasteiger partial charge in [-0.2, -0.15) is 0 Å². The van der Waals surface area contributed by atoms with E-state index in [9.17, 15) is 5.11 Å². The molecule has 0 bridgehead atoms. The predicted octanol–water partition coefficient (Wildman–Crippen LogP) is 4.54. The third-order valence-corrected chi connectivity index (χ3v) is 5.27. The molecule has 1 unspecified atom stereocenters. The minimum Gasteiger partial charge on any atom is -0.488 e. The second-order valence-electron chi connectivity index (χ2n) is 7.32. The van der Waals surface area contributed by atoms with Gasteiger partial charge in [-0.1, -0.05) is 56.3 Å². The van der Waals surface area contributed by atoms with Crippen molar-refractivity contribution in [1.29, 1.82) is 0 Å². The van der Waals surface area contributed by atoms with Crippen LogP contribution in [-0.4, -0.2) is 5.11 Å². The quantitative estimate of drug-likeness (QED) is 0.878. The van der Waals surface area contributed by atoms with E-state index in [-0.39, 0.29) is 0 Å². The van der Waals surface area contributed by atoms with Crippen LogP contribution in [0.5, 0.6) is 5.75 Å². The number of hydrogen-bond acceptors (Lipinski definition) is 2. The average molecular weight is 308 g/mol. The van der Waals surface area contributed by atoms with Crippen molar-refractivity contribution in [3.63, 3.8) is 0 Å². The van der Waals surface area contributed by atoms with Gasteiger partial charge in [-0.3, -0.25) is 0 Å². The zero-order chi connectivity index (χ0) is 16.0. The normalized spacial score (nSPS) is 22.6. The highest BCUT2D eigenvalue weighted by molar-refractivity contribution is 5.57. The maximum Gasteiger partial charge on any atom is 0.129 e. The van der Waals surface area contributed by atoms with Crippen molar-refractivity contribution >= 4 is 0 Å². The van der Waals surface area contributed by atoms with Gasteiger partial charge in [0.05, 0.1) is 0 Å². The van der Waals surface area contributed by atoms with E-state index < -0.39 is 5.60 Å². The van der Waals surface area contributed by atoms with Gasteiger partial charge in [0, 0.05) is 12.0 Å². The van der Waals surface area contributed by atoms with Gasteiger partial charge in [0.15, 0.2) is 0 Å². The van der Waals surface area contributed by atoms with Crippen LogP contribution < -0.4 is 4.74 Å². The lowest BCUT2D eigenvalue weighted by atomic mass is 9.68. The van der Waals surface area contributed by atoms with E-state index in [4.69, 9.17) is 4.74 Å². The molecule has 1 saturated carbocycles. The maximum atomic E-state index is 11.1. The molecule has 120 valence electrons. The topological polar surface area (TPSA) is 29.5 Å². The number of benzene rings is 2. The summed E-state index contributed by atoms with van der Waals surface area (Å²) in [5.74, 6) is 1.74. The van der Waals surface area contributed by atoms with Crippen LogP contribution in [0.25, 0.3) is 0 Å². The van der Waals surface area contributed by atoms with E-state index >= 15 is 0 Å². The highest BCUT2D eigenvalue weighted by Gasteiger charge is 2.54. The van der Waals surface area contributed by atoms with Crippen LogP contribution in [0, 0.1) is 5.92 Å². The van der Waals surface area contributed by atoms with Crippen LogP contribution in [0.4, 0.5) is 0 Å². The Morgan fingerprint density at radius 1 is 1.13 bits per heavy atom. The molecule has 23 heavy (non-hydrogen) atoms. The second-order valence-corrected chi connectivity index (χ2v) is 7.32. The van der Waals surface area contributed by atoms with E-state index in [1.807, 2.05) is 18.2 Å². The molecule has 0 saturated heterocycles. The van der Waals surface area contributed by atoms with Crippen LogP contribution in [0.2, 0.25) is 0 Å². The molecule has 0 radical (unpaired) electrons. The van der Waals surface area contributed by atoms with Crippen LogP contribution in [0.3, 0.4) is 0 Å². The molecular weight excluding hydrogens is 284 g/mol. The van der Waals surface area contributed by atoms with Crippen molar-refractivity contribution in [2.75, 3.05) is 0 Å². The van der Waals surface area contributed by atoms with E-state index in [1.54, 1.807) is 0 Å². The molecule has 0 spiro atoms. The van der Waals surface area contributed by atoms with Gasteiger partial charge >= 0.3 is 0 Å². The molecule has 2 nitrogen and oxygen atoms in total. The van der Waals surface area contributed by atoms with Gasteiger partial charge in [-0.05, 0) is 41.4 Å². The highest BCUT2D eigenvalue weighted by Crippen LogP contribution is 2.58. The molecule has 2 heteroatoms. The van der Waals surface area contributed by atoms with E-state index in [0.717, 1.165) is 36.1 Å². The summed E-state index contributed by atoms with van der Waals surface area (Å²) >= 11 is 0. The Bertz CT molecular complexity index is 716. The summed E-state index contributed by atoms with van der Waals surface area (Å²) in [5.41, 5.74) is 4.05. The standard InChI is InChI=1S/C21H24O2/c1-14(2)18-11-8-16-12-21(22,17-9-10-17)19(16)20(18)23-13-15-6-4-3-5-7-15/h3-8,11,14,17,22H,9-10,12-13H2,1-2H3. The van der Waals surface area contributed by atoms with Crippen LogP contribution >= 0.6 is 0 Å². The van der Waals surface area contributed by atoms with Gasteiger partial charge in [0.2, 0.25) is 0 Å². The zero-order valence-electron chi connectivity index (χ0n) is 13.9. The lowest BCUT2D eigenvalue weighted by Crippen LogP contribution is -2.41. The van der Waals surface area contributed by atoms with Gasteiger partial charge < -0.3 is 9.84 Å². The molecular formula is C21H24O2. The fourth-order valence-corrected chi connectivity index (χ4v) is 3.78. The van der Waals surface area contributed by atoms with Crippen molar-refractivity contribution in [2.24, 2.45) is 5.92 Å². The molecule has 2 aromatic rings. The monoisotopic (exact) mass is 308 g/mol. The summed E-state index contributed by atoms with van der Waals surface area (Å²) < 4.78 is 6.26. The van der Waals surface area contributed by atoms with E-state index in [0.29, 0.717) is 18.4 Å². The summed E-state index contributed by atoms with van der Waals surface area (Å²) in [6.07, 6.45) is 3.06. The third-order valence-electron chi connectivity index (χ3n) is 5.27. The van der Waals surface area contributed by atoms with Crippen LogP contribution in [0.15, 0.2) is 42.5 Å². The first-order valence-corrected chi connectivity index (χ1v) is 8.65. The fraction of sp³-hybridized carbons (Fsp3) is 0.429. The molecule has 1 N–H and O–H groups in total. The van der Waals surface area contributed by atoms with Crippen molar-refractivity contribution in [1.82, 2.24) is 0 Å². The smallest absolute Gasteiger partial charge is 0.129 e. The highest BCUT2D eigenvalue weighted by atomic mass is 16.5. The van der Waals surface area contributed by atoms with E-state index in [1.165, 1.54) is 11.1 Å². The molecule has 0 heterocycles. The Balaban J connectivity index is 1.70. The summed E-state index contributed by atoms with van der Waals surface area (Å²) in [4.78, 5) is 0. The number of rotatable bonds is 5. The Kier molecular flexibility index (Phi) is 3.46. The molecule has 2 aliphatic carbocycles. The lowest BCUT2D eigenvalue weighted by Gasteiger charge is -2.42. The minimum absolute atomic E-state index is 0.384. The van der Waals surface area contributed by atoms with Crippen molar-refractivity contribution < 1.29 is 9.84 Å². The summed E-state index contributed by atoms with van der Waals surface area (Å²) in [6, 6.07) is 14.6. The predicted molar refractivity (Wildman–Crippen MR) is 91.6 cm³/mol. The first-order valence-electron chi connectivity index (χ1n) is 8.65. The van der Waals surface area contributed by atoms with Crippen molar-refractivity contribution in [3.8, 4) is 5.75 Å². The third kappa shape index (κ3) is 2.46. The Morgan fingerprint density at radius 2 is 1.87 bits per heavy atom. The molecule has 2 aliphatic rings. The number of aliphatic hydroxyl groups is 1. The number of fused-ring (bicyclic) bond motifs is 1. The van der Waals surface area contributed by atoms with Gasteiger partial charge in [-0.15, -0.1) is 0 Å². The first kappa shape index (κ1) is 14.8. The molecule has 1 fully saturated rings. The Labute approximate surface area is 138 Å². The van der Waals surface area contributed by atoms with Crippen LogP contribution in [-0.2, 0) is 18.6 Å². The molecule has 0 aliphatic heterocycles. The SMILES string of the molecule is CC(C)c1ccc2c(c1OCc1ccccc1)C(O)(C1CC1)C2. The van der Waals surface area contributed by atoms with Crippen LogP contribution in [0.1, 0.15) is 54.9 Å². The van der Waals surface area contributed by atoms with Crippen molar-refractivity contribution in [3.05, 3.63) is 64.7 Å². The summed E-state index contributed by atoms with van der Waals surface area (Å²) in [7, 11) is 0. The Morgan fingerprint density at radius 3 is 2.52 bits per heavy atom. The largest absolute Gasteiger partial charge is 0.488 e. The first-order chi connectivity index (χ1) is 11.1. The number of hydrogen-bond donors (Lipinski definition) is 1. The lowest BCUT2D eigenvalue weighted by molar-refractivity contribution is -0.0139. The molecule has 2 aromatic carbocycles. The maximum absolute atomic E-state index is 11.1. The second kappa shape index (κ2) is 5.38. The van der Waals surface area contributed by atoms with Crippen molar-refractivity contribution in [2.45, 2.75) is 51.2 Å².